The summed E-state index contributed by atoms with van der Waals surface area (Å²) in [5.41, 5.74) is 0.843. The highest BCUT2D eigenvalue weighted by molar-refractivity contribution is 6.31. The number of amides is 1. The second-order valence-corrected chi connectivity index (χ2v) is 3.27. The van der Waals surface area contributed by atoms with Gasteiger partial charge in [-0.3, -0.25) is 4.79 Å². The van der Waals surface area contributed by atoms with Crippen LogP contribution in [0.15, 0.2) is 36.9 Å². The normalized spacial score (nSPS) is 9.50. The minimum atomic E-state index is -0.0435. The van der Waals surface area contributed by atoms with Crippen LogP contribution in [0.5, 0.6) is 0 Å². The molecule has 0 saturated carbocycles. The Bertz CT molecular complexity index is 336. The number of rotatable bonds is 4. The van der Waals surface area contributed by atoms with E-state index in [0.29, 0.717) is 18.0 Å². The number of halogens is 1. The lowest BCUT2D eigenvalue weighted by Crippen LogP contribution is -2.24. The summed E-state index contributed by atoms with van der Waals surface area (Å²) in [4.78, 5) is 11.3. The molecule has 0 aromatic heterocycles. The third-order valence-electron chi connectivity index (χ3n) is 1.75. The number of carbonyl (C=O) groups is 1. The largest absolute Gasteiger partial charge is 0.352 e. The summed E-state index contributed by atoms with van der Waals surface area (Å²) in [6, 6.07) is 7.32. The van der Waals surface area contributed by atoms with Crippen LogP contribution < -0.4 is 5.32 Å². The molecular weight excluding hydrogens is 198 g/mol. The van der Waals surface area contributed by atoms with Crippen molar-refractivity contribution in [3.63, 3.8) is 0 Å². The lowest BCUT2D eigenvalue weighted by molar-refractivity contribution is -0.120. The van der Waals surface area contributed by atoms with E-state index in [-0.39, 0.29) is 5.91 Å². The Labute approximate surface area is 88.6 Å². The van der Waals surface area contributed by atoms with E-state index in [4.69, 9.17) is 11.6 Å². The standard InChI is InChI=1S/C11H12ClNO/c1-2-7-13-11(14)8-9-5-3-4-6-10(9)12/h2-6H,1,7-8H2,(H,13,14). The number of hydrogen-bond acceptors (Lipinski definition) is 1. The van der Waals surface area contributed by atoms with Gasteiger partial charge in [-0.25, -0.2) is 0 Å². The summed E-state index contributed by atoms with van der Waals surface area (Å²) in [7, 11) is 0. The number of carbonyl (C=O) groups excluding carboxylic acids is 1. The van der Waals surface area contributed by atoms with Crippen molar-refractivity contribution in [1.82, 2.24) is 5.32 Å². The smallest absolute Gasteiger partial charge is 0.224 e. The number of nitrogens with one attached hydrogen (secondary N) is 1. The lowest BCUT2D eigenvalue weighted by atomic mass is 10.1. The highest BCUT2D eigenvalue weighted by Gasteiger charge is 2.04. The van der Waals surface area contributed by atoms with Gasteiger partial charge in [-0.1, -0.05) is 35.9 Å². The summed E-state index contributed by atoms with van der Waals surface area (Å²) >= 11 is 5.90. The molecule has 1 aromatic carbocycles. The Hall–Kier alpha value is -1.28. The SMILES string of the molecule is C=CCNC(=O)Cc1ccccc1Cl. The van der Waals surface area contributed by atoms with Crippen molar-refractivity contribution >= 4 is 17.5 Å². The maximum absolute atomic E-state index is 11.3. The van der Waals surface area contributed by atoms with Gasteiger partial charge in [0, 0.05) is 11.6 Å². The predicted molar refractivity (Wildman–Crippen MR) is 58.4 cm³/mol. The van der Waals surface area contributed by atoms with E-state index in [1.165, 1.54) is 0 Å². The number of hydrogen-bond donors (Lipinski definition) is 1. The van der Waals surface area contributed by atoms with Gasteiger partial charge in [0.15, 0.2) is 0 Å². The Balaban J connectivity index is 2.56. The Morgan fingerprint density at radius 2 is 2.21 bits per heavy atom. The van der Waals surface area contributed by atoms with Gasteiger partial charge in [0.05, 0.1) is 6.42 Å². The van der Waals surface area contributed by atoms with Crippen LogP contribution in [0.1, 0.15) is 5.56 Å². The molecule has 0 heterocycles. The van der Waals surface area contributed by atoms with Crippen LogP contribution in [0.4, 0.5) is 0 Å². The third kappa shape index (κ3) is 3.23. The second-order valence-electron chi connectivity index (χ2n) is 2.86. The first kappa shape index (κ1) is 10.8. The fourth-order valence-corrected chi connectivity index (χ4v) is 1.27. The van der Waals surface area contributed by atoms with Gasteiger partial charge < -0.3 is 5.32 Å². The molecular formula is C11H12ClNO. The summed E-state index contributed by atoms with van der Waals surface area (Å²) in [6.07, 6.45) is 1.96. The zero-order valence-electron chi connectivity index (χ0n) is 7.79. The van der Waals surface area contributed by atoms with Gasteiger partial charge in [-0.2, -0.15) is 0 Å². The first-order chi connectivity index (χ1) is 6.74. The van der Waals surface area contributed by atoms with Gasteiger partial charge >= 0.3 is 0 Å². The molecule has 3 heteroatoms. The molecule has 2 nitrogen and oxygen atoms in total. The van der Waals surface area contributed by atoms with Crippen LogP contribution in [-0.4, -0.2) is 12.5 Å². The molecule has 0 fully saturated rings. The predicted octanol–water partition coefficient (Wildman–Crippen LogP) is 2.18. The van der Waals surface area contributed by atoms with Crippen molar-refractivity contribution in [3.05, 3.63) is 47.5 Å². The average molecular weight is 210 g/mol. The fourth-order valence-electron chi connectivity index (χ4n) is 1.06. The molecule has 0 aliphatic rings. The van der Waals surface area contributed by atoms with Crippen LogP contribution in [0.2, 0.25) is 5.02 Å². The van der Waals surface area contributed by atoms with E-state index < -0.39 is 0 Å². The monoisotopic (exact) mass is 209 g/mol. The third-order valence-corrected chi connectivity index (χ3v) is 2.12. The van der Waals surface area contributed by atoms with Gasteiger partial charge in [-0.15, -0.1) is 6.58 Å². The molecule has 0 aliphatic carbocycles. The van der Waals surface area contributed by atoms with E-state index in [1.54, 1.807) is 12.1 Å². The van der Waals surface area contributed by atoms with E-state index in [2.05, 4.69) is 11.9 Å². The van der Waals surface area contributed by atoms with Crippen molar-refractivity contribution in [1.29, 1.82) is 0 Å². The van der Waals surface area contributed by atoms with Crippen LogP contribution in [0.3, 0.4) is 0 Å². The van der Waals surface area contributed by atoms with Crippen LogP contribution in [0.25, 0.3) is 0 Å². The molecule has 74 valence electrons. The highest BCUT2D eigenvalue weighted by Crippen LogP contribution is 2.14. The second kappa shape index (κ2) is 5.45. The lowest BCUT2D eigenvalue weighted by Gasteiger charge is -2.03. The first-order valence-corrected chi connectivity index (χ1v) is 4.73. The highest BCUT2D eigenvalue weighted by atomic mass is 35.5. The van der Waals surface area contributed by atoms with Crippen LogP contribution >= 0.6 is 11.6 Å². The molecule has 14 heavy (non-hydrogen) atoms. The van der Waals surface area contributed by atoms with Gasteiger partial charge in [0.1, 0.15) is 0 Å². The molecule has 0 aliphatic heterocycles. The number of benzene rings is 1. The topological polar surface area (TPSA) is 29.1 Å². The Kier molecular flexibility index (Phi) is 4.20. The van der Waals surface area contributed by atoms with Crippen molar-refractivity contribution in [3.8, 4) is 0 Å². The van der Waals surface area contributed by atoms with Crippen LogP contribution in [-0.2, 0) is 11.2 Å². The average Bonchev–Trinajstić information content (AvgIpc) is 2.18. The first-order valence-electron chi connectivity index (χ1n) is 4.35. The molecule has 0 bridgehead atoms. The van der Waals surface area contributed by atoms with Crippen molar-refractivity contribution in [2.45, 2.75) is 6.42 Å². The molecule has 0 atom stereocenters. The molecule has 0 saturated heterocycles. The molecule has 1 N–H and O–H groups in total. The summed E-state index contributed by atoms with van der Waals surface area (Å²) in [5, 5.41) is 3.32. The minimum absolute atomic E-state index is 0.0435. The molecule has 1 rings (SSSR count). The zero-order chi connectivity index (χ0) is 10.4. The molecule has 1 aromatic rings. The van der Waals surface area contributed by atoms with E-state index >= 15 is 0 Å². The minimum Gasteiger partial charge on any atom is -0.352 e. The van der Waals surface area contributed by atoms with Crippen molar-refractivity contribution in [2.24, 2.45) is 0 Å². The van der Waals surface area contributed by atoms with Gasteiger partial charge in [0.2, 0.25) is 5.91 Å². The van der Waals surface area contributed by atoms with Crippen molar-refractivity contribution in [2.75, 3.05) is 6.54 Å². The molecule has 0 radical (unpaired) electrons. The Morgan fingerprint density at radius 1 is 1.50 bits per heavy atom. The quantitative estimate of drug-likeness (QED) is 0.757. The van der Waals surface area contributed by atoms with E-state index in [9.17, 15) is 4.79 Å². The fraction of sp³-hybridized carbons (Fsp3) is 0.182. The Morgan fingerprint density at radius 3 is 2.86 bits per heavy atom. The zero-order valence-corrected chi connectivity index (χ0v) is 8.55. The van der Waals surface area contributed by atoms with Crippen molar-refractivity contribution < 1.29 is 4.79 Å². The summed E-state index contributed by atoms with van der Waals surface area (Å²) in [5.74, 6) is -0.0435. The summed E-state index contributed by atoms with van der Waals surface area (Å²) < 4.78 is 0. The van der Waals surface area contributed by atoms with Gasteiger partial charge in [-0.05, 0) is 11.6 Å². The maximum atomic E-state index is 11.3. The molecule has 1 amide bonds. The van der Waals surface area contributed by atoms with E-state index in [1.807, 2.05) is 18.2 Å². The van der Waals surface area contributed by atoms with E-state index in [0.717, 1.165) is 5.56 Å². The molecule has 0 spiro atoms. The molecule has 0 unspecified atom stereocenters. The maximum Gasteiger partial charge on any atom is 0.224 e. The summed E-state index contributed by atoms with van der Waals surface area (Å²) in [6.45, 7) is 4.01. The van der Waals surface area contributed by atoms with Gasteiger partial charge in [0.25, 0.3) is 0 Å². The van der Waals surface area contributed by atoms with Crippen LogP contribution in [0, 0.1) is 0 Å².